The lowest BCUT2D eigenvalue weighted by molar-refractivity contribution is -0.210. The van der Waals surface area contributed by atoms with E-state index in [-0.39, 0.29) is 24.6 Å². The summed E-state index contributed by atoms with van der Waals surface area (Å²) in [5, 5.41) is 10.4. The summed E-state index contributed by atoms with van der Waals surface area (Å²) in [7, 11) is 0. The van der Waals surface area contributed by atoms with Crippen LogP contribution in [0.4, 0.5) is 4.79 Å². The highest BCUT2D eigenvalue weighted by atomic mass is 16.6. The van der Waals surface area contributed by atoms with Crippen molar-refractivity contribution in [3.05, 3.63) is 23.3 Å². The molecule has 5 rings (SSSR count). The number of phenols is 1. The fourth-order valence-electron chi connectivity index (χ4n) is 6.19. The zero-order valence-corrected chi connectivity index (χ0v) is 16.4. The number of ketones is 1. The topological polar surface area (TPSA) is 102 Å². The van der Waals surface area contributed by atoms with E-state index in [2.05, 4.69) is 0 Å². The van der Waals surface area contributed by atoms with Crippen molar-refractivity contribution in [1.82, 2.24) is 4.90 Å². The highest BCUT2D eigenvalue weighted by molar-refractivity contribution is 5.90. The van der Waals surface area contributed by atoms with Crippen LogP contribution >= 0.6 is 0 Å². The molecule has 4 atom stereocenters. The number of piperidine rings is 1. The predicted molar refractivity (Wildman–Crippen MR) is 98.8 cm³/mol. The third-order valence-corrected chi connectivity index (χ3v) is 7.05. The molecule has 0 aromatic heterocycles. The lowest BCUT2D eigenvalue weighted by Gasteiger charge is -2.63. The fourth-order valence-corrected chi connectivity index (χ4v) is 6.19. The lowest BCUT2D eigenvalue weighted by atomic mass is 9.49. The Hall–Kier alpha value is -2.77. The second-order valence-electron chi connectivity index (χ2n) is 8.23. The van der Waals surface area contributed by atoms with Gasteiger partial charge in [0.2, 0.25) is 0 Å². The number of nitrogens with zero attached hydrogens (tertiary/aromatic N) is 1. The molecule has 1 spiro atoms. The Morgan fingerprint density at radius 3 is 2.86 bits per heavy atom. The van der Waals surface area contributed by atoms with Gasteiger partial charge < -0.3 is 24.2 Å². The summed E-state index contributed by atoms with van der Waals surface area (Å²) >= 11 is 0. The number of rotatable bonds is 2. The number of carbonyl (C=O) groups is 3. The summed E-state index contributed by atoms with van der Waals surface area (Å²) in [6.45, 7) is 3.69. The number of ether oxygens (including phenoxy) is 3. The van der Waals surface area contributed by atoms with Crippen LogP contribution in [0.25, 0.3) is 0 Å². The summed E-state index contributed by atoms with van der Waals surface area (Å²) in [4.78, 5) is 39.6. The number of aromatic hydroxyl groups is 1. The molecule has 154 valence electrons. The first-order valence-corrected chi connectivity index (χ1v) is 10.0. The van der Waals surface area contributed by atoms with Crippen molar-refractivity contribution < 1.29 is 33.7 Å². The third-order valence-electron chi connectivity index (χ3n) is 7.05. The van der Waals surface area contributed by atoms with E-state index >= 15 is 0 Å². The number of Topliss-reactive ketones (excluding diaryl/α,β-unsaturated/α-hetero) is 1. The summed E-state index contributed by atoms with van der Waals surface area (Å²) in [6.07, 6.45) is 0.00605. The first-order chi connectivity index (χ1) is 13.9. The van der Waals surface area contributed by atoms with E-state index in [9.17, 15) is 19.5 Å². The van der Waals surface area contributed by atoms with Gasteiger partial charge in [0.1, 0.15) is 5.60 Å². The number of carbonyl (C=O) groups excluding carboxylic acids is 3. The first kappa shape index (κ1) is 18.3. The Labute approximate surface area is 167 Å². The highest BCUT2D eigenvalue weighted by Crippen LogP contribution is 2.66. The maximum absolute atomic E-state index is 12.9. The molecule has 4 aliphatic rings. The molecule has 8 nitrogen and oxygen atoms in total. The molecule has 2 aliphatic carbocycles. The minimum atomic E-state index is -1.10. The van der Waals surface area contributed by atoms with Gasteiger partial charge in [-0.05, 0) is 37.8 Å². The van der Waals surface area contributed by atoms with Crippen molar-refractivity contribution in [1.29, 1.82) is 0 Å². The molecule has 1 saturated heterocycles. The maximum Gasteiger partial charge on any atom is 0.410 e. The zero-order valence-electron chi connectivity index (χ0n) is 16.4. The Bertz CT molecular complexity index is 943. The maximum atomic E-state index is 12.9. The minimum Gasteiger partial charge on any atom is -0.504 e. The molecule has 0 radical (unpaired) electrons. The van der Waals surface area contributed by atoms with Gasteiger partial charge in [-0.1, -0.05) is 6.07 Å². The standard InChI is InChI=1S/C21H23NO7/c1-3-27-19(26)22-9-8-20-16-12-4-5-13(24)17(16)28-18(20)14(25)6-7-21(20,15(22)10-12)29-11(2)23/h4-5,15,18,24H,3,6-10H2,1-2H3/t15-,18?,20+,21-/m1/s1. The Morgan fingerprint density at radius 1 is 1.34 bits per heavy atom. The van der Waals surface area contributed by atoms with Crippen LogP contribution in [-0.4, -0.2) is 58.8 Å². The third kappa shape index (κ3) is 2.06. The number of hydrogen-bond acceptors (Lipinski definition) is 7. The van der Waals surface area contributed by atoms with Gasteiger partial charge in [0.05, 0.1) is 18.1 Å². The van der Waals surface area contributed by atoms with Crippen molar-refractivity contribution in [2.24, 2.45) is 0 Å². The van der Waals surface area contributed by atoms with Crippen molar-refractivity contribution in [2.45, 2.75) is 62.7 Å². The Kier molecular flexibility index (Phi) is 3.70. The van der Waals surface area contributed by atoms with Crippen molar-refractivity contribution >= 4 is 17.8 Å². The van der Waals surface area contributed by atoms with Crippen molar-refractivity contribution in [3.8, 4) is 11.5 Å². The van der Waals surface area contributed by atoms with Crippen LogP contribution in [0, 0.1) is 0 Å². The van der Waals surface area contributed by atoms with Gasteiger partial charge in [-0.2, -0.15) is 0 Å². The number of hydrogen-bond donors (Lipinski definition) is 1. The van der Waals surface area contributed by atoms with Crippen LogP contribution < -0.4 is 4.74 Å². The van der Waals surface area contributed by atoms with E-state index in [1.807, 2.05) is 0 Å². The molecule has 1 saturated carbocycles. The van der Waals surface area contributed by atoms with Gasteiger partial charge in [0.15, 0.2) is 23.4 Å². The van der Waals surface area contributed by atoms with Gasteiger partial charge in [0.25, 0.3) is 0 Å². The summed E-state index contributed by atoms with van der Waals surface area (Å²) in [5.41, 5.74) is -0.356. The molecule has 1 N–H and O–H groups in total. The van der Waals surface area contributed by atoms with Gasteiger partial charge in [-0.15, -0.1) is 0 Å². The van der Waals surface area contributed by atoms with Crippen LogP contribution in [0.5, 0.6) is 11.5 Å². The average Bonchev–Trinajstić information content (AvgIpc) is 3.01. The predicted octanol–water partition coefficient (Wildman–Crippen LogP) is 1.84. The molecule has 2 heterocycles. The van der Waals surface area contributed by atoms with E-state index in [0.717, 1.165) is 11.1 Å². The summed E-state index contributed by atoms with van der Waals surface area (Å²) < 4.78 is 17.4. The monoisotopic (exact) mass is 401 g/mol. The van der Waals surface area contributed by atoms with E-state index < -0.39 is 35.2 Å². The van der Waals surface area contributed by atoms with Crippen molar-refractivity contribution in [3.63, 3.8) is 0 Å². The quantitative estimate of drug-likeness (QED) is 0.755. The molecule has 1 unspecified atom stereocenters. The van der Waals surface area contributed by atoms with Crippen LogP contribution in [0.1, 0.15) is 44.2 Å². The molecule has 2 fully saturated rings. The highest BCUT2D eigenvalue weighted by Gasteiger charge is 2.76. The second kappa shape index (κ2) is 5.87. The van der Waals surface area contributed by atoms with E-state index in [0.29, 0.717) is 31.6 Å². The molecule has 1 amide bonds. The number of esters is 1. The minimum absolute atomic E-state index is 0.0247. The largest absolute Gasteiger partial charge is 0.504 e. The second-order valence-corrected chi connectivity index (χ2v) is 8.23. The van der Waals surface area contributed by atoms with Crippen LogP contribution in [0.2, 0.25) is 0 Å². The number of benzene rings is 1. The van der Waals surface area contributed by atoms with Crippen LogP contribution in [-0.2, 0) is 30.9 Å². The fraction of sp³-hybridized carbons (Fsp3) is 0.571. The van der Waals surface area contributed by atoms with Crippen LogP contribution in [0.15, 0.2) is 12.1 Å². The molecular formula is C21H23NO7. The Morgan fingerprint density at radius 2 is 2.14 bits per heavy atom. The van der Waals surface area contributed by atoms with E-state index in [4.69, 9.17) is 14.2 Å². The Balaban J connectivity index is 1.77. The lowest BCUT2D eigenvalue weighted by Crippen LogP contribution is -2.78. The zero-order chi connectivity index (χ0) is 20.6. The van der Waals surface area contributed by atoms with Gasteiger partial charge in [-0.3, -0.25) is 9.59 Å². The molecule has 1 aromatic rings. The summed E-state index contributed by atoms with van der Waals surface area (Å²) in [6, 6.07) is 2.89. The average molecular weight is 401 g/mol. The first-order valence-electron chi connectivity index (χ1n) is 10.0. The smallest absolute Gasteiger partial charge is 0.410 e. The molecule has 29 heavy (non-hydrogen) atoms. The normalized spacial score (nSPS) is 33.6. The number of likely N-dealkylation sites (tertiary alicyclic amines) is 1. The van der Waals surface area contributed by atoms with Crippen LogP contribution in [0.3, 0.4) is 0 Å². The SMILES string of the molecule is CCOC(=O)N1CC[C@]23c4c5ccc(O)c4OC2C(=O)CC[C@@]3(OC(C)=O)[C@H]1C5. The molecule has 8 heteroatoms. The molecule has 1 aromatic carbocycles. The van der Waals surface area contributed by atoms with Gasteiger partial charge in [0, 0.05) is 25.5 Å². The molecule has 2 bridgehead atoms. The molecular weight excluding hydrogens is 378 g/mol. The number of phenolic OH excluding ortho intramolecular Hbond substituents is 1. The molecule has 2 aliphatic heterocycles. The summed E-state index contributed by atoms with van der Waals surface area (Å²) in [5.74, 6) is -0.254. The van der Waals surface area contributed by atoms with Gasteiger partial charge >= 0.3 is 12.1 Å². The van der Waals surface area contributed by atoms with E-state index in [1.54, 1.807) is 24.0 Å². The van der Waals surface area contributed by atoms with Crippen molar-refractivity contribution in [2.75, 3.05) is 13.2 Å². The van der Waals surface area contributed by atoms with Gasteiger partial charge in [-0.25, -0.2) is 4.79 Å². The van der Waals surface area contributed by atoms with E-state index in [1.165, 1.54) is 6.92 Å². The number of amides is 1.